The summed E-state index contributed by atoms with van der Waals surface area (Å²) in [6.45, 7) is 3.29. The van der Waals surface area contributed by atoms with E-state index in [1.54, 1.807) is 19.9 Å². The van der Waals surface area contributed by atoms with Crippen molar-refractivity contribution in [3.8, 4) is 0 Å². The van der Waals surface area contributed by atoms with Gasteiger partial charge in [-0.2, -0.15) is 10.2 Å². The summed E-state index contributed by atoms with van der Waals surface area (Å²) >= 11 is 0. The van der Waals surface area contributed by atoms with Gasteiger partial charge in [0.05, 0.1) is 18.1 Å². The van der Waals surface area contributed by atoms with E-state index in [1.807, 2.05) is 0 Å². The maximum absolute atomic E-state index is 14.7. The first-order chi connectivity index (χ1) is 13.8. The Hall–Kier alpha value is -3.20. The molecule has 9 heteroatoms. The molecule has 0 saturated carbocycles. The molecule has 4 rings (SSSR count). The van der Waals surface area contributed by atoms with Gasteiger partial charge in [0, 0.05) is 28.8 Å². The number of hydrogen-bond acceptors (Lipinski definition) is 4. The Kier molecular flexibility index (Phi) is 4.62. The van der Waals surface area contributed by atoms with Gasteiger partial charge in [0.25, 0.3) is 0 Å². The van der Waals surface area contributed by atoms with Gasteiger partial charge in [-0.25, -0.2) is 22.8 Å². The molecule has 0 aliphatic carbocycles. The van der Waals surface area contributed by atoms with Crippen molar-refractivity contribution >= 4 is 10.9 Å². The minimum Gasteiger partial charge on any atom is -0.381 e. The van der Waals surface area contributed by atoms with Crippen LogP contribution in [0.2, 0.25) is 0 Å². The first-order valence-corrected chi connectivity index (χ1v) is 8.94. The normalized spacial score (nSPS) is 14.8. The van der Waals surface area contributed by atoms with Crippen LogP contribution in [0.3, 0.4) is 0 Å². The first kappa shape index (κ1) is 19.1. The zero-order valence-corrected chi connectivity index (χ0v) is 15.7. The minimum atomic E-state index is -1.85. The third-order valence-corrected chi connectivity index (χ3v) is 5.23. The summed E-state index contributed by atoms with van der Waals surface area (Å²) in [7, 11) is 0. The lowest BCUT2D eigenvalue weighted by Gasteiger charge is -2.35. The first-order valence-electron chi connectivity index (χ1n) is 8.94. The lowest BCUT2D eigenvalue weighted by molar-refractivity contribution is -0.0372. The Morgan fingerprint density at radius 3 is 2.52 bits per heavy atom. The second-order valence-electron chi connectivity index (χ2n) is 7.01. The van der Waals surface area contributed by atoms with Gasteiger partial charge in [-0.3, -0.25) is 4.68 Å². The Balaban J connectivity index is 1.87. The van der Waals surface area contributed by atoms with Crippen molar-refractivity contribution in [2.24, 2.45) is 0 Å². The molecule has 6 nitrogen and oxygen atoms in total. The summed E-state index contributed by atoms with van der Waals surface area (Å²) in [5, 5.41) is 20.8. The summed E-state index contributed by atoms with van der Waals surface area (Å²) in [5.41, 5.74) is -0.868. The Bertz CT molecular complexity index is 1170. The quantitative estimate of drug-likeness (QED) is 0.556. The summed E-state index contributed by atoms with van der Waals surface area (Å²) in [5.74, 6) is -2.07. The van der Waals surface area contributed by atoms with Crippen LogP contribution in [0.15, 0.2) is 49.1 Å². The number of fused-ring (bicyclic) bond motifs is 1. The van der Waals surface area contributed by atoms with Gasteiger partial charge in [0.15, 0.2) is 0 Å². The van der Waals surface area contributed by atoms with Crippen LogP contribution >= 0.6 is 0 Å². The molecule has 0 fully saturated rings. The number of nitrogens with zero attached hydrogens (tertiary/aromatic N) is 5. The molecule has 0 amide bonds. The van der Waals surface area contributed by atoms with Crippen molar-refractivity contribution in [2.45, 2.75) is 32.0 Å². The maximum atomic E-state index is 14.7. The molecule has 0 aliphatic heterocycles. The number of benzene rings is 2. The van der Waals surface area contributed by atoms with E-state index in [4.69, 9.17) is 0 Å². The van der Waals surface area contributed by atoms with Gasteiger partial charge in [-0.05, 0) is 32.0 Å². The summed E-state index contributed by atoms with van der Waals surface area (Å²) in [4.78, 5) is 3.85. The minimum absolute atomic E-state index is 0.105. The molecular formula is C20H18F3N5O. The van der Waals surface area contributed by atoms with Gasteiger partial charge in [0.2, 0.25) is 0 Å². The Morgan fingerprint density at radius 1 is 1.10 bits per heavy atom. The molecule has 0 aliphatic rings. The monoisotopic (exact) mass is 401 g/mol. The zero-order valence-electron chi connectivity index (χ0n) is 15.7. The Morgan fingerprint density at radius 2 is 1.83 bits per heavy atom. The van der Waals surface area contributed by atoms with E-state index in [1.165, 1.54) is 40.2 Å². The number of hydrogen-bond donors (Lipinski definition) is 1. The van der Waals surface area contributed by atoms with E-state index >= 15 is 0 Å². The van der Waals surface area contributed by atoms with Crippen LogP contribution in [0.1, 0.15) is 24.2 Å². The molecule has 1 N–H and O–H groups in total. The molecule has 29 heavy (non-hydrogen) atoms. The molecule has 2 aromatic heterocycles. The highest BCUT2D eigenvalue weighted by atomic mass is 19.1. The fraction of sp³-hybridized carbons (Fsp3) is 0.250. The van der Waals surface area contributed by atoms with Crippen LogP contribution in [0.25, 0.3) is 10.9 Å². The highest BCUT2D eigenvalue weighted by molar-refractivity contribution is 5.81. The molecule has 0 unspecified atom stereocenters. The predicted molar refractivity (Wildman–Crippen MR) is 99.4 cm³/mol. The SMILES string of the molecule is Cc1c2ccc(F)cc2nn1[C@H](C)[C@](O)(Cn1cncn1)c1ccc(F)cc1F. The van der Waals surface area contributed by atoms with Crippen molar-refractivity contribution in [3.63, 3.8) is 0 Å². The average molecular weight is 401 g/mol. The van der Waals surface area contributed by atoms with Crippen LogP contribution in [0.5, 0.6) is 0 Å². The molecule has 2 aromatic carbocycles. The van der Waals surface area contributed by atoms with E-state index in [0.29, 0.717) is 16.6 Å². The van der Waals surface area contributed by atoms with Crippen LogP contribution in [-0.4, -0.2) is 29.7 Å². The fourth-order valence-corrected chi connectivity index (χ4v) is 3.63. The average Bonchev–Trinajstić information content (AvgIpc) is 3.28. The molecule has 0 radical (unpaired) electrons. The van der Waals surface area contributed by atoms with Crippen LogP contribution < -0.4 is 0 Å². The topological polar surface area (TPSA) is 68.8 Å². The van der Waals surface area contributed by atoms with Gasteiger partial charge >= 0.3 is 0 Å². The zero-order chi connectivity index (χ0) is 20.8. The van der Waals surface area contributed by atoms with Crippen LogP contribution in [0, 0.1) is 24.4 Å². The highest BCUT2D eigenvalue weighted by Crippen LogP contribution is 2.38. The van der Waals surface area contributed by atoms with E-state index in [-0.39, 0.29) is 12.1 Å². The number of halogens is 3. The lowest BCUT2D eigenvalue weighted by Crippen LogP contribution is -2.41. The van der Waals surface area contributed by atoms with Crippen LogP contribution in [-0.2, 0) is 12.1 Å². The largest absolute Gasteiger partial charge is 0.381 e. The maximum Gasteiger partial charge on any atom is 0.137 e. The number of aryl methyl sites for hydroxylation is 1. The predicted octanol–water partition coefficient (Wildman–Crippen LogP) is 3.50. The van der Waals surface area contributed by atoms with E-state index in [0.717, 1.165) is 12.1 Å². The molecule has 2 atom stereocenters. The standard InChI is InChI=1S/C20H18F3N5O/c1-12-16-5-3-15(22)8-19(16)26-28(12)13(2)20(29,9-27-11-24-10-25-27)17-6-4-14(21)7-18(17)23/h3-8,10-11,13,29H,9H2,1-2H3/t13-,20-/m1/s1. The van der Waals surface area contributed by atoms with Gasteiger partial charge in [0.1, 0.15) is 35.7 Å². The van der Waals surface area contributed by atoms with Crippen molar-refractivity contribution in [1.82, 2.24) is 24.5 Å². The molecule has 0 spiro atoms. The lowest BCUT2D eigenvalue weighted by atomic mass is 9.86. The van der Waals surface area contributed by atoms with Gasteiger partial charge in [-0.15, -0.1) is 0 Å². The molecule has 150 valence electrons. The van der Waals surface area contributed by atoms with Crippen LogP contribution in [0.4, 0.5) is 13.2 Å². The Labute approximate surface area is 164 Å². The smallest absolute Gasteiger partial charge is 0.137 e. The van der Waals surface area contributed by atoms with Crippen molar-refractivity contribution < 1.29 is 18.3 Å². The summed E-state index contributed by atoms with van der Waals surface area (Å²) < 4.78 is 44.7. The van der Waals surface area contributed by atoms with Crippen molar-refractivity contribution in [1.29, 1.82) is 0 Å². The highest BCUT2D eigenvalue weighted by Gasteiger charge is 2.41. The number of rotatable bonds is 5. The van der Waals surface area contributed by atoms with E-state index in [9.17, 15) is 18.3 Å². The van der Waals surface area contributed by atoms with Crippen molar-refractivity contribution in [2.75, 3.05) is 0 Å². The summed E-state index contributed by atoms with van der Waals surface area (Å²) in [6.07, 6.45) is 2.68. The van der Waals surface area contributed by atoms with E-state index < -0.39 is 29.1 Å². The molecule has 0 bridgehead atoms. The van der Waals surface area contributed by atoms with Gasteiger partial charge in [-0.1, -0.05) is 6.07 Å². The van der Waals surface area contributed by atoms with E-state index in [2.05, 4.69) is 15.2 Å². The fourth-order valence-electron chi connectivity index (χ4n) is 3.63. The second kappa shape index (κ2) is 7.00. The second-order valence-corrected chi connectivity index (χ2v) is 7.01. The third kappa shape index (κ3) is 3.27. The number of aromatic nitrogens is 5. The number of aliphatic hydroxyl groups is 1. The molecule has 2 heterocycles. The summed E-state index contributed by atoms with van der Waals surface area (Å²) in [6, 6.07) is 6.42. The molecular weight excluding hydrogens is 383 g/mol. The van der Waals surface area contributed by atoms with Crippen molar-refractivity contribution in [3.05, 3.63) is 77.8 Å². The third-order valence-electron chi connectivity index (χ3n) is 5.23. The van der Waals surface area contributed by atoms with Gasteiger partial charge < -0.3 is 5.11 Å². The molecule has 0 saturated heterocycles. The molecule has 4 aromatic rings.